The number of ether oxygens (including phenoxy) is 1. The molecule has 0 aliphatic carbocycles. The van der Waals surface area contributed by atoms with Crippen LogP contribution in [0.15, 0.2) is 65.1 Å². The third-order valence-corrected chi connectivity index (χ3v) is 4.49. The number of H-pyrrole nitrogens is 1. The van der Waals surface area contributed by atoms with E-state index < -0.39 is 6.11 Å². The molecule has 2 aromatic heterocycles. The smallest absolute Gasteiger partial charge is 0.394 e. The number of aromatic nitrogens is 2. The quantitative estimate of drug-likeness (QED) is 0.414. The molecule has 29 heavy (non-hydrogen) atoms. The van der Waals surface area contributed by atoms with Gasteiger partial charge in [-0.2, -0.15) is 8.78 Å². The Hall–Kier alpha value is -3.41. The van der Waals surface area contributed by atoms with Crippen molar-refractivity contribution in [1.82, 2.24) is 9.97 Å². The highest BCUT2D eigenvalue weighted by atomic mass is 19.3. The summed E-state index contributed by atoms with van der Waals surface area (Å²) in [4.78, 5) is 7.95. The second kappa shape index (κ2) is 7.20. The van der Waals surface area contributed by atoms with E-state index in [1.54, 1.807) is 12.1 Å². The van der Waals surface area contributed by atoms with Gasteiger partial charge in [-0.25, -0.2) is 4.98 Å². The van der Waals surface area contributed by atoms with Gasteiger partial charge in [-0.05, 0) is 50.2 Å². The van der Waals surface area contributed by atoms with Crippen LogP contribution in [0.3, 0.4) is 0 Å². The minimum atomic E-state index is -3.22. The molecule has 0 spiro atoms. The molecule has 4 aromatic rings. The Morgan fingerprint density at radius 3 is 2.14 bits per heavy atom. The molecule has 0 bridgehead atoms. The van der Waals surface area contributed by atoms with Gasteiger partial charge in [0.2, 0.25) is 0 Å². The van der Waals surface area contributed by atoms with Crippen LogP contribution in [-0.4, -0.2) is 16.1 Å². The van der Waals surface area contributed by atoms with Crippen molar-refractivity contribution >= 4 is 0 Å². The summed E-state index contributed by atoms with van der Waals surface area (Å²) in [6, 6.07) is 18.2. The van der Waals surface area contributed by atoms with Gasteiger partial charge in [-0.15, -0.1) is 0 Å². The van der Waals surface area contributed by atoms with Crippen LogP contribution in [0.25, 0.3) is 34.2 Å². The van der Waals surface area contributed by atoms with Crippen LogP contribution in [-0.2, 0) is 0 Å². The van der Waals surface area contributed by atoms with E-state index in [0.717, 1.165) is 22.5 Å². The second-order valence-electron chi connectivity index (χ2n) is 7.02. The standard InChI is InChI=1S/C23H20F2N2O2/c1-14-4-6-17(7-5-14)21-15(2)26-22(27-21)20-13-12-19(28-20)16-8-10-18(11-9-16)29-23(3,24)25/h4-13H,1-3H3,(H,26,27). The van der Waals surface area contributed by atoms with Gasteiger partial charge in [0.15, 0.2) is 11.6 Å². The number of aryl methyl sites for hydroxylation is 2. The summed E-state index contributed by atoms with van der Waals surface area (Å²) in [6.07, 6.45) is -3.22. The van der Waals surface area contributed by atoms with Gasteiger partial charge in [-0.1, -0.05) is 29.8 Å². The number of imidazole rings is 1. The maximum Gasteiger partial charge on any atom is 0.394 e. The average molecular weight is 394 g/mol. The van der Waals surface area contributed by atoms with Gasteiger partial charge in [0, 0.05) is 23.7 Å². The molecule has 2 aromatic carbocycles. The summed E-state index contributed by atoms with van der Waals surface area (Å²) in [5.41, 5.74) is 4.80. The third kappa shape index (κ3) is 4.21. The Labute approximate surface area is 167 Å². The first-order chi connectivity index (χ1) is 13.8. The molecule has 6 heteroatoms. The van der Waals surface area contributed by atoms with E-state index in [9.17, 15) is 8.78 Å². The summed E-state index contributed by atoms with van der Waals surface area (Å²) in [6.45, 7) is 4.72. The predicted octanol–water partition coefficient (Wildman–Crippen LogP) is 6.61. The maximum absolute atomic E-state index is 12.9. The number of alkyl halides is 2. The van der Waals surface area contributed by atoms with Crippen molar-refractivity contribution in [2.24, 2.45) is 0 Å². The van der Waals surface area contributed by atoms with Crippen LogP contribution in [0.1, 0.15) is 18.2 Å². The molecule has 1 N–H and O–H groups in total. The van der Waals surface area contributed by atoms with E-state index in [2.05, 4.69) is 26.8 Å². The minimum absolute atomic E-state index is 0.0948. The summed E-state index contributed by atoms with van der Waals surface area (Å²) >= 11 is 0. The number of hydrogen-bond acceptors (Lipinski definition) is 3. The lowest BCUT2D eigenvalue weighted by Crippen LogP contribution is -2.18. The van der Waals surface area contributed by atoms with Gasteiger partial charge in [0.25, 0.3) is 0 Å². The fraction of sp³-hybridized carbons (Fsp3) is 0.174. The summed E-state index contributed by atoms with van der Waals surface area (Å²) in [7, 11) is 0. The van der Waals surface area contributed by atoms with Gasteiger partial charge in [0.05, 0.1) is 5.69 Å². The number of benzene rings is 2. The molecule has 0 fully saturated rings. The predicted molar refractivity (Wildman–Crippen MR) is 108 cm³/mol. The molecule has 2 heterocycles. The average Bonchev–Trinajstić information content (AvgIpc) is 3.29. The molecule has 0 aliphatic heterocycles. The van der Waals surface area contributed by atoms with E-state index in [1.165, 1.54) is 17.7 Å². The largest absolute Gasteiger partial charge is 0.453 e. The summed E-state index contributed by atoms with van der Waals surface area (Å²) in [5.74, 6) is 1.94. The Bertz CT molecular complexity index is 1120. The van der Waals surface area contributed by atoms with Crippen molar-refractivity contribution in [3.05, 3.63) is 71.9 Å². The number of furan rings is 1. The molecule has 4 rings (SSSR count). The topological polar surface area (TPSA) is 51.1 Å². The van der Waals surface area contributed by atoms with Gasteiger partial charge < -0.3 is 14.1 Å². The fourth-order valence-corrected chi connectivity index (χ4v) is 3.08. The highest BCUT2D eigenvalue weighted by molar-refractivity contribution is 5.67. The summed E-state index contributed by atoms with van der Waals surface area (Å²) in [5, 5.41) is 0. The molecular weight excluding hydrogens is 374 g/mol. The first kappa shape index (κ1) is 18.9. The second-order valence-corrected chi connectivity index (χ2v) is 7.02. The summed E-state index contributed by atoms with van der Waals surface area (Å²) < 4.78 is 36.4. The van der Waals surface area contributed by atoms with Crippen LogP contribution in [0.5, 0.6) is 5.75 Å². The van der Waals surface area contributed by atoms with Gasteiger partial charge in [-0.3, -0.25) is 0 Å². The lowest BCUT2D eigenvalue weighted by molar-refractivity contribution is -0.158. The van der Waals surface area contributed by atoms with Crippen molar-refractivity contribution in [1.29, 1.82) is 0 Å². The highest BCUT2D eigenvalue weighted by Crippen LogP contribution is 2.31. The number of nitrogens with zero attached hydrogens (tertiary/aromatic N) is 1. The van der Waals surface area contributed by atoms with Crippen LogP contribution in [0.4, 0.5) is 8.78 Å². The fourth-order valence-electron chi connectivity index (χ4n) is 3.08. The van der Waals surface area contributed by atoms with E-state index >= 15 is 0 Å². The lowest BCUT2D eigenvalue weighted by atomic mass is 10.1. The van der Waals surface area contributed by atoms with E-state index in [4.69, 9.17) is 4.42 Å². The minimum Gasteiger partial charge on any atom is -0.453 e. The Kier molecular flexibility index (Phi) is 4.70. The SMILES string of the molecule is Cc1ccc(-c2nc(-c3ccc(-c4ccc(OC(C)(F)F)cc4)o3)[nH]c2C)cc1. The number of hydrogen-bond donors (Lipinski definition) is 1. The van der Waals surface area contributed by atoms with Gasteiger partial charge in [0.1, 0.15) is 11.5 Å². The van der Waals surface area contributed by atoms with Crippen LogP contribution >= 0.6 is 0 Å². The number of rotatable bonds is 5. The highest BCUT2D eigenvalue weighted by Gasteiger charge is 2.23. The molecule has 0 aliphatic rings. The molecular formula is C23H20F2N2O2. The van der Waals surface area contributed by atoms with Crippen molar-refractivity contribution in [3.63, 3.8) is 0 Å². The van der Waals surface area contributed by atoms with Crippen LogP contribution < -0.4 is 4.74 Å². The number of aromatic amines is 1. The van der Waals surface area contributed by atoms with Crippen LogP contribution in [0.2, 0.25) is 0 Å². The van der Waals surface area contributed by atoms with Crippen molar-refractivity contribution in [2.75, 3.05) is 0 Å². The van der Waals surface area contributed by atoms with Crippen molar-refractivity contribution in [2.45, 2.75) is 26.9 Å². The maximum atomic E-state index is 12.9. The zero-order valence-electron chi connectivity index (χ0n) is 16.3. The monoisotopic (exact) mass is 394 g/mol. The van der Waals surface area contributed by atoms with Crippen molar-refractivity contribution in [3.8, 4) is 39.9 Å². The lowest BCUT2D eigenvalue weighted by Gasteiger charge is -2.12. The normalized spacial score (nSPS) is 11.6. The molecule has 0 saturated carbocycles. The Morgan fingerprint density at radius 1 is 0.862 bits per heavy atom. The molecule has 0 saturated heterocycles. The Balaban J connectivity index is 1.58. The van der Waals surface area contributed by atoms with E-state index in [0.29, 0.717) is 24.3 Å². The molecule has 0 amide bonds. The molecule has 148 valence electrons. The number of nitrogens with one attached hydrogen (secondary N) is 1. The third-order valence-electron chi connectivity index (χ3n) is 4.49. The molecule has 0 radical (unpaired) electrons. The number of halogens is 2. The van der Waals surface area contributed by atoms with E-state index in [1.807, 2.05) is 38.1 Å². The molecule has 0 atom stereocenters. The first-order valence-electron chi connectivity index (χ1n) is 9.20. The van der Waals surface area contributed by atoms with Crippen LogP contribution in [0, 0.1) is 13.8 Å². The van der Waals surface area contributed by atoms with E-state index in [-0.39, 0.29) is 5.75 Å². The van der Waals surface area contributed by atoms with Crippen molar-refractivity contribution < 1.29 is 17.9 Å². The Morgan fingerprint density at radius 2 is 1.48 bits per heavy atom. The first-order valence-corrected chi connectivity index (χ1v) is 9.20. The molecule has 4 nitrogen and oxygen atoms in total. The van der Waals surface area contributed by atoms with Gasteiger partial charge >= 0.3 is 6.11 Å². The zero-order valence-corrected chi connectivity index (χ0v) is 16.3. The zero-order chi connectivity index (χ0) is 20.6. The molecule has 0 unspecified atom stereocenters.